The zero-order chi connectivity index (χ0) is 12.6. The van der Waals surface area contributed by atoms with Crippen molar-refractivity contribution in [3.8, 4) is 0 Å². The summed E-state index contributed by atoms with van der Waals surface area (Å²) in [5, 5.41) is 0. The van der Waals surface area contributed by atoms with Gasteiger partial charge in [-0.2, -0.15) is 0 Å². The molecule has 94 valence electrons. The van der Waals surface area contributed by atoms with Gasteiger partial charge in [0.05, 0.1) is 5.41 Å². The van der Waals surface area contributed by atoms with Crippen LogP contribution in [0, 0.1) is 29.7 Å². The highest BCUT2D eigenvalue weighted by molar-refractivity contribution is 5.24. The van der Waals surface area contributed by atoms with E-state index < -0.39 is 0 Å². The number of nitrogens with zero attached hydrogens (tertiary/aromatic N) is 1. The van der Waals surface area contributed by atoms with Gasteiger partial charge in [-0.1, -0.05) is 32.4 Å². The minimum atomic E-state index is 0.207. The first kappa shape index (κ1) is 12.7. The van der Waals surface area contributed by atoms with Crippen molar-refractivity contribution in [2.24, 2.45) is 23.2 Å². The third-order valence-corrected chi connectivity index (χ3v) is 5.27. The van der Waals surface area contributed by atoms with Gasteiger partial charge in [0.25, 0.3) is 0 Å². The zero-order valence-corrected chi connectivity index (χ0v) is 11.7. The Labute approximate surface area is 106 Å². The van der Waals surface area contributed by atoms with Crippen molar-refractivity contribution in [3.63, 3.8) is 0 Å². The number of hydrogen-bond donors (Lipinski definition) is 0. The third-order valence-electron chi connectivity index (χ3n) is 5.27. The van der Waals surface area contributed by atoms with Gasteiger partial charge in [0.15, 0.2) is 0 Å². The summed E-state index contributed by atoms with van der Waals surface area (Å²) in [5.74, 6) is 1.94. The third kappa shape index (κ3) is 1.92. The summed E-state index contributed by atoms with van der Waals surface area (Å²) < 4.78 is 0. The molecule has 0 saturated heterocycles. The number of allylic oxidation sites excluding steroid dienone is 1. The Kier molecular flexibility index (Phi) is 3.34. The first-order valence-electron chi connectivity index (χ1n) is 7.06. The minimum Gasteiger partial charge on any atom is -0.312 e. The van der Waals surface area contributed by atoms with E-state index in [0.29, 0.717) is 17.8 Å². The maximum atomic E-state index is 7.66. The van der Waals surface area contributed by atoms with E-state index in [1.165, 1.54) is 31.3 Å². The molecule has 0 aromatic heterocycles. The Bertz CT molecular complexity index is 360. The first-order valence-corrected chi connectivity index (χ1v) is 7.06. The van der Waals surface area contributed by atoms with Crippen molar-refractivity contribution in [2.75, 3.05) is 0 Å². The molecule has 0 heterocycles. The largest absolute Gasteiger partial charge is 0.312 e. The lowest BCUT2D eigenvalue weighted by Gasteiger charge is -2.44. The molecule has 1 saturated carbocycles. The van der Waals surface area contributed by atoms with E-state index in [9.17, 15) is 0 Å². The molecule has 0 aromatic carbocycles. The smallest absolute Gasteiger partial charge is 0.235 e. The molecular formula is C16H25N. The van der Waals surface area contributed by atoms with Gasteiger partial charge in [-0.05, 0) is 44.4 Å². The Balaban J connectivity index is 2.37. The van der Waals surface area contributed by atoms with E-state index in [1.807, 2.05) is 0 Å². The van der Waals surface area contributed by atoms with Crippen LogP contribution in [0.15, 0.2) is 11.6 Å². The fourth-order valence-corrected chi connectivity index (χ4v) is 4.11. The second kappa shape index (κ2) is 4.48. The van der Waals surface area contributed by atoms with Crippen LogP contribution in [0.25, 0.3) is 4.85 Å². The SMILES string of the molecule is [C-]#[N+][C@H]1[C@@H](C(C)C)CC[C@H](C)[C@]12C=C(C)CC2. The molecule has 1 spiro atoms. The van der Waals surface area contributed by atoms with Crippen LogP contribution in [0.2, 0.25) is 0 Å². The van der Waals surface area contributed by atoms with Gasteiger partial charge in [0.1, 0.15) is 0 Å². The topological polar surface area (TPSA) is 4.36 Å². The van der Waals surface area contributed by atoms with Crippen LogP contribution in [0.3, 0.4) is 0 Å². The fourth-order valence-electron chi connectivity index (χ4n) is 4.11. The summed E-state index contributed by atoms with van der Waals surface area (Å²) in [7, 11) is 0. The molecule has 1 heteroatoms. The maximum Gasteiger partial charge on any atom is 0.235 e. The summed E-state index contributed by atoms with van der Waals surface area (Å²) >= 11 is 0. The van der Waals surface area contributed by atoms with E-state index in [-0.39, 0.29) is 11.5 Å². The van der Waals surface area contributed by atoms with E-state index >= 15 is 0 Å². The fraction of sp³-hybridized carbons (Fsp3) is 0.812. The summed E-state index contributed by atoms with van der Waals surface area (Å²) in [6.45, 7) is 16.8. The molecule has 0 N–H and O–H groups in total. The van der Waals surface area contributed by atoms with Crippen LogP contribution >= 0.6 is 0 Å². The molecule has 0 radical (unpaired) electrons. The first-order chi connectivity index (χ1) is 8.01. The molecule has 0 unspecified atom stereocenters. The molecule has 2 aliphatic carbocycles. The second-order valence-corrected chi connectivity index (χ2v) is 6.56. The van der Waals surface area contributed by atoms with E-state index in [0.717, 1.165) is 0 Å². The van der Waals surface area contributed by atoms with Gasteiger partial charge >= 0.3 is 0 Å². The van der Waals surface area contributed by atoms with Crippen LogP contribution in [0.1, 0.15) is 53.4 Å². The van der Waals surface area contributed by atoms with Crippen LogP contribution in [0.4, 0.5) is 0 Å². The second-order valence-electron chi connectivity index (χ2n) is 6.56. The van der Waals surface area contributed by atoms with Gasteiger partial charge in [-0.15, -0.1) is 0 Å². The van der Waals surface area contributed by atoms with Crippen molar-refractivity contribution < 1.29 is 0 Å². The van der Waals surface area contributed by atoms with Gasteiger partial charge in [-0.25, -0.2) is 6.57 Å². The Hall–Kier alpha value is -0.770. The zero-order valence-electron chi connectivity index (χ0n) is 11.7. The molecule has 1 fully saturated rings. The highest BCUT2D eigenvalue weighted by Gasteiger charge is 2.55. The predicted molar refractivity (Wildman–Crippen MR) is 72.5 cm³/mol. The summed E-state index contributed by atoms with van der Waals surface area (Å²) in [6, 6.07) is 0.226. The predicted octanol–water partition coefficient (Wildman–Crippen LogP) is 4.70. The van der Waals surface area contributed by atoms with Crippen molar-refractivity contribution >= 4 is 0 Å². The van der Waals surface area contributed by atoms with Crippen molar-refractivity contribution in [1.82, 2.24) is 0 Å². The van der Waals surface area contributed by atoms with Crippen LogP contribution in [-0.2, 0) is 0 Å². The standard InChI is InChI=1S/C16H25N/c1-11(2)14-7-6-13(4)16(15(14)17-5)9-8-12(3)10-16/h10-11,13-15H,6-9H2,1-4H3/t13-,14+,15-,16-/m0/s1. The van der Waals surface area contributed by atoms with Crippen molar-refractivity contribution in [2.45, 2.75) is 59.4 Å². The van der Waals surface area contributed by atoms with E-state index in [1.54, 1.807) is 0 Å². The van der Waals surface area contributed by atoms with Gasteiger partial charge in [0.2, 0.25) is 6.04 Å². The average Bonchev–Trinajstić information content (AvgIpc) is 2.65. The van der Waals surface area contributed by atoms with Gasteiger partial charge in [0, 0.05) is 5.92 Å². The molecule has 0 bridgehead atoms. The molecule has 2 aliphatic rings. The quantitative estimate of drug-likeness (QED) is 0.455. The van der Waals surface area contributed by atoms with E-state index in [2.05, 4.69) is 38.6 Å². The van der Waals surface area contributed by atoms with Crippen molar-refractivity contribution in [1.29, 1.82) is 0 Å². The summed E-state index contributed by atoms with van der Waals surface area (Å²) in [6.07, 6.45) is 7.45. The van der Waals surface area contributed by atoms with Crippen LogP contribution in [0.5, 0.6) is 0 Å². The van der Waals surface area contributed by atoms with Crippen molar-refractivity contribution in [3.05, 3.63) is 23.1 Å². The molecule has 0 amide bonds. The molecule has 0 aliphatic heterocycles. The molecule has 17 heavy (non-hydrogen) atoms. The summed E-state index contributed by atoms with van der Waals surface area (Å²) in [4.78, 5) is 4.08. The molecule has 0 aromatic rings. The lowest BCUT2D eigenvalue weighted by molar-refractivity contribution is 0.0827. The maximum absolute atomic E-state index is 7.66. The molecule has 2 rings (SSSR count). The van der Waals surface area contributed by atoms with Gasteiger partial charge in [-0.3, -0.25) is 0 Å². The van der Waals surface area contributed by atoms with Crippen LogP contribution in [-0.4, -0.2) is 6.04 Å². The average molecular weight is 231 g/mol. The summed E-state index contributed by atoms with van der Waals surface area (Å²) in [5.41, 5.74) is 1.72. The Morgan fingerprint density at radius 1 is 1.41 bits per heavy atom. The lowest BCUT2D eigenvalue weighted by Crippen LogP contribution is -2.46. The minimum absolute atomic E-state index is 0.207. The Morgan fingerprint density at radius 3 is 2.59 bits per heavy atom. The number of hydrogen-bond acceptors (Lipinski definition) is 0. The van der Waals surface area contributed by atoms with Gasteiger partial charge < -0.3 is 4.85 Å². The van der Waals surface area contributed by atoms with E-state index in [4.69, 9.17) is 6.57 Å². The Morgan fingerprint density at radius 2 is 2.12 bits per heavy atom. The molecule has 4 atom stereocenters. The normalized spacial score (nSPS) is 41.6. The highest BCUT2D eigenvalue weighted by Crippen LogP contribution is 2.54. The molecule has 1 nitrogen and oxygen atoms in total. The highest BCUT2D eigenvalue weighted by atomic mass is 14.8. The van der Waals surface area contributed by atoms with Crippen LogP contribution < -0.4 is 0 Å². The number of rotatable bonds is 1. The monoisotopic (exact) mass is 231 g/mol. The molecular weight excluding hydrogens is 206 g/mol. The lowest BCUT2D eigenvalue weighted by atomic mass is 9.58.